The Morgan fingerprint density at radius 2 is 2.00 bits per heavy atom. The first-order chi connectivity index (χ1) is 10.2. The first-order valence-corrected chi connectivity index (χ1v) is 7.61. The highest BCUT2D eigenvalue weighted by atomic mass is 79.9. The van der Waals surface area contributed by atoms with Crippen LogP contribution in [0.3, 0.4) is 0 Å². The van der Waals surface area contributed by atoms with Crippen molar-refractivity contribution in [3.8, 4) is 5.75 Å². The number of methoxy groups -OCH3 is 1. The highest BCUT2D eigenvalue weighted by molar-refractivity contribution is 9.10. The van der Waals surface area contributed by atoms with Gasteiger partial charge in [0.15, 0.2) is 11.6 Å². The Morgan fingerprint density at radius 3 is 2.71 bits per heavy atom. The molecule has 6 heteroatoms. The number of nitrogens with zero attached hydrogens (tertiary/aromatic N) is 2. The molecular formula is C15H19BrN4O. The van der Waals surface area contributed by atoms with Gasteiger partial charge in [-0.15, -0.1) is 0 Å². The van der Waals surface area contributed by atoms with Gasteiger partial charge in [-0.2, -0.15) is 0 Å². The zero-order valence-electron chi connectivity index (χ0n) is 12.4. The van der Waals surface area contributed by atoms with Crippen molar-refractivity contribution in [3.63, 3.8) is 0 Å². The Morgan fingerprint density at radius 1 is 1.24 bits per heavy atom. The van der Waals surface area contributed by atoms with Gasteiger partial charge in [0, 0.05) is 11.0 Å². The van der Waals surface area contributed by atoms with E-state index in [1.165, 1.54) is 6.33 Å². The monoisotopic (exact) mass is 350 g/mol. The van der Waals surface area contributed by atoms with E-state index in [9.17, 15) is 0 Å². The van der Waals surface area contributed by atoms with Gasteiger partial charge in [-0.05, 0) is 47.0 Å². The Balaban J connectivity index is 2.33. The van der Waals surface area contributed by atoms with Gasteiger partial charge in [-0.1, -0.05) is 13.0 Å². The van der Waals surface area contributed by atoms with E-state index >= 15 is 0 Å². The summed E-state index contributed by atoms with van der Waals surface area (Å²) in [5, 5.41) is 6.52. The second-order valence-corrected chi connectivity index (χ2v) is 5.49. The SMILES string of the molecule is CCCNc1ncnc(Nc2cc(C)ccc2Br)c1OC. The van der Waals surface area contributed by atoms with Gasteiger partial charge < -0.3 is 15.4 Å². The molecule has 0 unspecified atom stereocenters. The average Bonchev–Trinajstić information content (AvgIpc) is 2.49. The summed E-state index contributed by atoms with van der Waals surface area (Å²) >= 11 is 3.53. The minimum absolute atomic E-state index is 0.611. The van der Waals surface area contributed by atoms with E-state index in [0.717, 1.165) is 28.7 Å². The molecule has 0 bridgehead atoms. The molecule has 1 heterocycles. The molecule has 5 nitrogen and oxygen atoms in total. The zero-order valence-corrected chi connectivity index (χ0v) is 14.0. The number of rotatable bonds is 6. The van der Waals surface area contributed by atoms with Crippen molar-refractivity contribution >= 4 is 33.3 Å². The van der Waals surface area contributed by atoms with Crippen LogP contribution in [0.5, 0.6) is 5.75 Å². The van der Waals surface area contributed by atoms with E-state index in [1.54, 1.807) is 7.11 Å². The number of nitrogens with one attached hydrogen (secondary N) is 2. The second-order valence-electron chi connectivity index (χ2n) is 4.64. The molecule has 2 aromatic rings. The van der Waals surface area contributed by atoms with E-state index in [2.05, 4.69) is 43.5 Å². The average molecular weight is 351 g/mol. The van der Waals surface area contributed by atoms with Crippen LogP contribution in [-0.4, -0.2) is 23.6 Å². The number of hydrogen-bond acceptors (Lipinski definition) is 5. The predicted molar refractivity (Wildman–Crippen MR) is 89.5 cm³/mol. The highest BCUT2D eigenvalue weighted by Crippen LogP contribution is 2.33. The molecule has 0 atom stereocenters. The molecule has 2 N–H and O–H groups in total. The largest absolute Gasteiger partial charge is 0.490 e. The van der Waals surface area contributed by atoms with Gasteiger partial charge in [0.05, 0.1) is 12.8 Å². The number of ether oxygens (including phenoxy) is 1. The van der Waals surface area contributed by atoms with E-state index < -0.39 is 0 Å². The summed E-state index contributed by atoms with van der Waals surface area (Å²) in [5.74, 6) is 1.94. The molecule has 0 aliphatic heterocycles. The van der Waals surface area contributed by atoms with Gasteiger partial charge in [0.2, 0.25) is 5.75 Å². The summed E-state index contributed by atoms with van der Waals surface area (Å²) in [6.07, 6.45) is 2.53. The minimum atomic E-state index is 0.611. The van der Waals surface area contributed by atoms with Crippen molar-refractivity contribution in [1.82, 2.24) is 9.97 Å². The van der Waals surface area contributed by atoms with Crippen molar-refractivity contribution in [3.05, 3.63) is 34.6 Å². The molecule has 0 aliphatic carbocycles. The van der Waals surface area contributed by atoms with Crippen LogP contribution in [0.2, 0.25) is 0 Å². The predicted octanol–water partition coefficient (Wildman–Crippen LogP) is 4.12. The molecule has 112 valence electrons. The van der Waals surface area contributed by atoms with Gasteiger partial charge in [-0.3, -0.25) is 0 Å². The molecule has 2 rings (SSSR count). The molecule has 0 fully saturated rings. The second kappa shape index (κ2) is 7.26. The minimum Gasteiger partial charge on any atom is -0.490 e. The van der Waals surface area contributed by atoms with Crippen LogP contribution in [0, 0.1) is 6.92 Å². The summed E-state index contributed by atoms with van der Waals surface area (Å²) in [6.45, 7) is 4.98. The number of aromatic nitrogens is 2. The lowest BCUT2D eigenvalue weighted by atomic mass is 10.2. The molecule has 0 spiro atoms. The van der Waals surface area contributed by atoms with Crippen molar-refractivity contribution in [1.29, 1.82) is 0 Å². The maximum absolute atomic E-state index is 5.45. The number of benzene rings is 1. The molecular weight excluding hydrogens is 332 g/mol. The van der Waals surface area contributed by atoms with Crippen LogP contribution in [0.4, 0.5) is 17.3 Å². The third kappa shape index (κ3) is 3.85. The lowest BCUT2D eigenvalue weighted by Gasteiger charge is -2.15. The topological polar surface area (TPSA) is 59.1 Å². The summed E-state index contributed by atoms with van der Waals surface area (Å²) in [7, 11) is 1.62. The maximum atomic E-state index is 5.45. The molecule has 0 amide bonds. The summed E-state index contributed by atoms with van der Waals surface area (Å²) in [5.41, 5.74) is 2.10. The van der Waals surface area contributed by atoms with E-state index in [0.29, 0.717) is 17.4 Å². The Bertz CT molecular complexity index is 619. The summed E-state index contributed by atoms with van der Waals surface area (Å²) in [6, 6.07) is 6.09. The molecule has 0 saturated heterocycles. The smallest absolute Gasteiger partial charge is 0.204 e. The van der Waals surface area contributed by atoms with Crippen LogP contribution >= 0.6 is 15.9 Å². The highest BCUT2D eigenvalue weighted by Gasteiger charge is 2.13. The molecule has 0 aliphatic rings. The van der Waals surface area contributed by atoms with Crippen LogP contribution in [0.15, 0.2) is 29.0 Å². The lowest BCUT2D eigenvalue weighted by Crippen LogP contribution is -2.07. The maximum Gasteiger partial charge on any atom is 0.204 e. The Kier molecular flexibility index (Phi) is 5.38. The summed E-state index contributed by atoms with van der Waals surface area (Å²) in [4.78, 5) is 8.51. The Hall–Kier alpha value is -1.82. The van der Waals surface area contributed by atoms with Crippen molar-refractivity contribution < 1.29 is 4.74 Å². The van der Waals surface area contributed by atoms with Crippen LogP contribution in [0.1, 0.15) is 18.9 Å². The van der Waals surface area contributed by atoms with Crippen LogP contribution in [0.25, 0.3) is 0 Å². The standard InChI is InChI=1S/C15H19BrN4O/c1-4-7-17-14-13(21-3)15(19-9-18-14)20-12-8-10(2)5-6-11(12)16/h5-6,8-9H,4,7H2,1-3H3,(H2,17,18,19,20). The normalized spacial score (nSPS) is 10.3. The molecule has 21 heavy (non-hydrogen) atoms. The fourth-order valence-electron chi connectivity index (χ4n) is 1.89. The fraction of sp³-hybridized carbons (Fsp3) is 0.333. The van der Waals surface area contributed by atoms with E-state index in [-0.39, 0.29) is 0 Å². The van der Waals surface area contributed by atoms with Crippen molar-refractivity contribution in [2.24, 2.45) is 0 Å². The Labute approximate surface area is 133 Å². The summed E-state index contributed by atoms with van der Waals surface area (Å²) < 4.78 is 6.42. The molecule has 0 radical (unpaired) electrons. The van der Waals surface area contributed by atoms with Gasteiger partial charge in [0.1, 0.15) is 6.33 Å². The lowest BCUT2D eigenvalue weighted by molar-refractivity contribution is 0.415. The molecule has 0 saturated carbocycles. The van der Waals surface area contributed by atoms with Gasteiger partial charge >= 0.3 is 0 Å². The fourth-order valence-corrected chi connectivity index (χ4v) is 2.23. The molecule has 1 aromatic heterocycles. The van der Waals surface area contributed by atoms with Crippen LogP contribution in [-0.2, 0) is 0 Å². The first kappa shape index (κ1) is 15.6. The third-order valence-electron chi connectivity index (χ3n) is 2.93. The van der Waals surface area contributed by atoms with Crippen molar-refractivity contribution in [2.75, 3.05) is 24.3 Å². The van der Waals surface area contributed by atoms with Crippen LogP contribution < -0.4 is 15.4 Å². The zero-order chi connectivity index (χ0) is 15.2. The van der Waals surface area contributed by atoms with Crippen molar-refractivity contribution in [2.45, 2.75) is 20.3 Å². The quantitative estimate of drug-likeness (QED) is 0.820. The van der Waals surface area contributed by atoms with Gasteiger partial charge in [0.25, 0.3) is 0 Å². The van der Waals surface area contributed by atoms with E-state index in [1.807, 2.05) is 25.1 Å². The molecule has 1 aromatic carbocycles. The van der Waals surface area contributed by atoms with Gasteiger partial charge in [-0.25, -0.2) is 9.97 Å². The first-order valence-electron chi connectivity index (χ1n) is 6.81. The third-order valence-corrected chi connectivity index (χ3v) is 3.62. The number of halogens is 1. The number of anilines is 3. The number of aryl methyl sites for hydroxylation is 1. The number of hydrogen-bond donors (Lipinski definition) is 2. The van der Waals surface area contributed by atoms with E-state index in [4.69, 9.17) is 4.74 Å².